The Labute approximate surface area is 89.8 Å². The van der Waals surface area contributed by atoms with Crippen LogP contribution in [0.5, 0.6) is 0 Å². The van der Waals surface area contributed by atoms with Gasteiger partial charge in [-0.15, -0.1) is 0 Å². The summed E-state index contributed by atoms with van der Waals surface area (Å²) < 4.78 is 25.0. The van der Waals surface area contributed by atoms with Crippen LogP contribution in [0.1, 0.15) is 19.8 Å². The lowest BCUT2D eigenvalue weighted by Gasteiger charge is -2.17. The Kier molecular flexibility index (Phi) is 8.23. The first-order valence-electron chi connectivity index (χ1n) is 4.80. The Bertz CT molecular complexity index is 184. The van der Waals surface area contributed by atoms with Gasteiger partial charge in [0.2, 0.25) is 0 Å². The van der Waals surface area contributed by atoms with Gasteiger partial charge in [-0.2, -0.15) is 0 Å². The Balaban J connectivity index is 3.83. The molecule has 0 aromatic heterocycles. The van der Waals surface area contributed by atoms with Crippen LogP contribution in [0, 0.1) is 0 Å². The van der Waals surface area contributed by atoms with Crippen LogP contribution in [0.25, 0.3) is 0 Å². The SMILES string of the molecule is CCCOC(CCOC)COP(=O)(O)O. The third kappa shape index (κ3) is 10.3. The van der Waals surface area contributed by atoms with Gasteiger partial charge in [-0.1, -0.05) is 6.92 Å². The molecule has 0 saturated carbocycles. The van der Waals surface area contributed by atoms with Crippen molar-refractivity contribution in [2.24, 2.45) is 0 Å². The van der Waals surface area contributed by atoms with Crippen molar-refractivity contribution in [2.75, 3.05) is 26.9 Å². The van der Waals surface area contributed by atoms with Crippen molar-refractivity contribution in [3.8, 4) is 0 Å². The third-order valence-electron chi connectivity index (χ3n) is 1.63. The number of ether oxygens (including phenoxy) is 2. The van der Waals surface area contributed by atoms with Gasteiger partial charge in [0.05, 0.1) is 12.7 Å². The summed E-state index contributed by atoms with van der Waals surface area (Å²) in [4.78, 5) is 17.0. The van der Waals surface area contributed by atoms with E-state index < -0.39 is 7.82 Å². The normalized spacial score (nSPS) is 14.1. The number of hydrogen-bond donors (Lipinski definition) is 2. The molecule has 1 atom stereocenters. The summed E-state index contributed by atoms with van der Waals surface area (Å²) >= 11 is 0. The highest BCUT2D eigenvalue weighted by Crippen LogP contribution is 2.36. The largest absolute Gasteiger partial charge is 0.469 e. The van der Waals surface area contributed by atoms with Crippen molar-refractivity contribution in [2.45, 2.75) is 25.9 Å². The van der Waals surface area contributed by atoms with E-state index in [1.165, 1.54) is 0 Å². The predicted octanol–water partition coefficient (Wildman–Crippen LogP) is 0.927. The Morgan fingerprint density at radius 2 is 2.00 bits per heavy atom. The van der Waals surface area contributed by atoms with Crippen molar-refractivity contribution in [3.05, 3.63) is 0 Å². The smallest absolute Gasteiger partial charge is 0.385 e. The van der Waals surface area contributed by atoms with E-state index in [4.69, 9.17) is 19.3 Å². The van der Waals surface area contributed by atoms with Crippen LogP contribution in [0.2, 0.25) is 0 Å². The third-order valence-corrected chi connectivity index (χ3v) is 2.12. The molecule has 2 N–H and O–H groups in total. The summed E-state index contributed by atoms with van der Waals surface area (Å²) in [5, 5.41) is 0. The quantitative estimate of drug-likeness (QED) is 0.585. The molecule has 0 bridgehead atoms. The summed E-state index contributed by atoms with van der Waals surface area (Å²) in [6.07, 6.45) is 1.06. The number of rotatable bonds is 9. The summed E-state index contributed by atoms with van der Waals surface area (Å²) in [6, 6.07) is 0. The molecule has 0 saturated heterocycles. The molecule has 7 heteroatoms. The van der Waals surface area contributed by atoms with Gasteiger partial charge in [0, 0.05) is 20.3 Å². The molecule has 0 aliphatic rings. The monoisotopic (exact) mass is 242 g/mol. The summed E-state index contributed by atoms with van der Waals surface area (Å²) in [5.41, 5.74) is 0. The van der Waals surface area contributed by atoms with Crippen LogP contribution in [0.4, 0.5) is 0 Å². The molecule has 92 valence electrons. The fourth-order valence-corrected chi connectivity index (χ4v) is 1.29. The highest BCUT2D eigenvalue weighted by molar-refractivity contribution is 7.46. The standard InChI is InChI=1S/C8H19O6P/c1-3-5-13-8(4-6-12-2)7-14-15(9,10)11/h8H,3-7H2,1-2H3,(H2,9,10,11). The highest BCUT2D eigenvalue weighted by Gasteiger charge is 2.18. The van der Waals surface area contributed by atoms with Gasteiger partial charge in [-0.25, -0.2) is 4.57 Å². The average molecular weight is 242 g/mol. The highest BCUT2D eigenvalue weighted by atomic mass is 31.2. The van der Waals surface area contributed by atoms with Crippen LogP contribution in [-0.2, 0) is 18.6 Å². The molecule has 15 heavy (non-hydrogen) atoms. The molecule has 0 aliphatic heterocycles. The van der Waals surface area contributed by atoms with Crippen molar-refractivity contribution in [1.82, 2.24) is 0 Å². The molecule has 0 rings (SSSR count). The molecule has 0 aliphatic carbocycles. The van der Waals surface area contributed by atoms with Crippen LogP contribution in [0.15, 0.2) is 0 Å². The second-order valence-corrected chi connectivity index (χ2v) is 4.30. The van der Waals surface area contributed by atoms with E-state index in [0.717, 1.165) is 6.42 Å². The van der Waals surface area contributed by atoms with E-state index in [9.17, 15) is 4.57 Å². The number of hydrogen-bond acceptors (Lipinski definition) is 4. The van der Waals surface area contributed by atoms with E-state index >= 15 is 0 Å². The number of phosphoric acid groups is 1. The maximum absolute atomic E-state index is 10.5. The zero-order valence-electron chi connectivity index (χ0n) is 9.09. The number of methoxy groups -OCH3 is 1. The minimum absolute atomic E-state index is 0.117. The minimum Gasteiger partial charge on any atom is -0.385 e. The number of phosphoric ester groups is 1. The van der Waals surface area contributed by atoms with E-state index in [1.807, 2.05) is 6.92 Å². The lowest BCUT2D eigenvalue weighted by atomic mass is 10.3. The fraction of sp³-hybridized carbons (Fsp3) is 1.00. The lowest BCUT2D eigenvalue weighted by Crippen LogP contribution is -2.21. The zero-order valence-corrected chi connectivity index (χ0v) is 9.98. The minimum atomic E-state index is -4.40. The first-order valence-corrected chi connectivity index (χ1v) is 6.33. The van der Waals surface area contributed by atoms with E-state index in [-0.39, 0.29) is 12.7 Å². The first kappa shape index (κ1) is 15.0. The summed E-state index contributed by atoms with van der Waals surface area (Å²) in [7, 11) is -2.85. The molecule has 0 aromatic carbocycles. The van der Waals surface area contributed by atoms with E-state index in [2.05, 4.69) is 4.52 Å². The Hall–Kier alpha value is 0.0300. The molecule has 6 nitrogen and oxygen atoms in total. The Morgan fingerprint density at radius 1 is 1.33 bits per heavy atom. The molecule has 0 aromatic rings. The van der Waals surface area contributed by atoms with Gasteiger partial charge in [0.1, 0.15) is 0 Å². The van der Waals surface area contributed by atoms with Gasteiger partial charge >= 0.3 is 7.82 Å². The molecule has 0 amide bonds. The molecule has 0 fully saturated rings. The molecule has 0 spiro atoms. The van der Waals surface area contributed by atoms with Crippen molar-refractivity contribution >= 4 is 7.82 Å². The van der Waals surface area contributed by atoms with Crippen molar-refractivity contribution in [1.29, 1.82) is 0 Å². The Morgan fingerprint density at radius 3 is 2.47 bits per heavy atom. The van der Waals surface area contributed by atoms with Crippen molar-refractivity contribution < 1.29 is 28.3 Å². The van der Waals surface area contributed by atoms with Gasteiger partial charge in [0.15, 0.2) is 0 Å². The lowest BCUT2D eigenvalue weighted by molar-refractivity contribution is -0.00483. The summed E-state index contributed by atoms with van der Waals surface area (Å²) in [5.74, 6) is 0. The predicted molar refractivity (Wildman–Crippen MR) is 54.5 cm³/mol. The van der Waals surface area contributed by atoms with E-state index in [0.29, 0.717) is 19.6 Å². The molecular formula is C8H19O6P. The fourth-order valence-electron chi connectivity index (χ4n) is 0.929. The van der Waals surface area contributed by atoms with Crippen LogP contribution in [-0.4, -0.2) is 42.8 Å². The molecular weight excluding hydrogens is 223 g/mol. The second kappa shape index (κ2) is 8.21. The maximum atomic E-state index is 10.5. The molecule has 0 heterocycles. The van der Waals surface area contributed by atoms with Gasteiger partial charge in [-0.3, -0.25) is 4.52 Å². The van der Waals surface area contributed by atoms with Crippen LogP contribution < -0.4 is 0 Å². The molecule has 1 unspecified atom stereocenters. The van der Waals surface area contributed by atoms with Crippen LogP contribution >= 0.6 is 7.82 Å². The first-order chi connectivity index (χ1) is 6.99. The van der Waals surface area contributed by atoms with Gasteiger partial charge in [-0.05, 0) is 12.8 Å². The maximum Gasteiger partial charge on any atom is 0.469 e. The summed E-state index contributed by atoms with van der Waals surface area (Å²) in [6.45, 7) is 2.85. The van der Waals surface area contributed by atoms with Crippen molar-refractivity contribution in [3.63, 3.8) is 0 Å². The topological polar surface area (TPSA) is 85.2 Å². The second-order valence-electron chi connectivity index (χ2n) is 3.06. The van der Waals surface area contributed by atoms with E-state index in [1.54, 1.807) is 7.11 Å². The van der Waals surface area contributed by atoms with Crippen LogP contribution in [0.3, 0.4) is 0 Å². The van der Waals surface area contributed by atoms with Gasteiger partial charge < -0.3 is 19.3 Å². The molecule has 0 radical (unpaired) electrons. The van der Waals surface area contributed by atoms with Gasteiger partial charge in [0.25, 0.3) is 0 Å². The average Bonchev–Trinajstić information content (AvgIpc) is 2.15. The zero-order chi connectivity index (χ0) is 11.7.